The van der Waals surface area contributed by atoms with E-state index in [4.69, 9.17) is 11.6 Å². The molecule has 96 valence electrons. The molecule has 2 aromatic rings. The maximum Gasteiger partial charge on any atom is 0.113 e. The summed E-state index contributed by atoms with van der Waals surface area (Å²) in [5.41, 5.74) is 1.15. The van der Waals surface area contributed by atoms with Gasteiger partial charge < -0.3 is 5.32 Å². The van der Waals surface area contributed by atoms with Gasteiger partial charge in [-0.15, -0.1) is 11.3 Å². The fourth-order valence-electron chi connectivity index (χ4n) is 2.11. The van der Waals surface area contributed by atoms with Gasteiger partial charge in [-0.2, -0.15) is 0 Å². The van der Waals surface area contributed by atoms with Crippen molar-refractivity contribution in [1.82, 2.24) is 10.3 Å². The third-order valence-corrected chi connectivity index (χ3v) is 4.23. The fraction of sp³-hybridized carbons (Fsp3) is 0.357. The van der Waals surface area contributed by atoms with Crippen LogP contribution in [-0.2, 0) is 12.0 Å². The zero-order valence-corrected chi connectivity index (χ0v) is 12.2. The Balaban J connectivity index is 2.23. The Labute approximate surface area is 117 Å². The van der Waals surface area contributed by atoms with Crippen molar-refractivity contribution in [2.24, 2.45) is 0 Å². The van der Waals surface area contributed by atoms with Crippen molar-refractivity contribution in [3.63, 3.8) is 0 Å². The van der Waals surface area contributed by atoms with Crippen molar-refractivity contribution in [2.45, 2.75) is 25.8 Å². The Morgan fingerprint density at radius 2 is 2.06 bits per heavy atom. The van der Waals surface area contributed by atoms with Gasteiger partial charge in [0.25, 0.3) is 0 Å². The fourth-order valence-corrected chi connectivity index (χ4v) is 3.01. The molecule has 4 heteroatoms. The number of likely N-dealkylation sites (N-methyl/N-ethyl adjacent to an activating group) is 1. The summed E-state index contributed by atoms with van der Waals surface area (Å²) in [5, 5.41) is 7.46. The van der Waals surface area contributed by atoms with Crippen LogP contribution in [0.3, 0.4) is 0 Å². The second-order valence-corrected chi connectivity index (χ2v) is 5.83. The molecule has 0 radical (unpaired) electrons. The molecule has 0 saturated carbocycles. The van der Waals surface area contributed by atoms with Gasteiger partial charge in [-0.25, -0.2) is 4.98 Å². The molecule has 0 aliphatic rings. The van der Waals surface area contributed by atoms with Gasteiger partial charge in [0, 0.05) is 16.6 Å². The number of hydrogen-bond acceptors (Lipinski definition) is 3. The summed E-state index contributed by atoms with van der Waals surface area (Å²) in [6, 6.07) is 8.02. The van der Waals surface area contributed by atoms with Gasteiger partial charge >= 0.3 is 0 Å². The summed E-state index contributed by atoms with van der Waals surface area (Å²) in [4.78, 5) is 4.45. The molecule has 0 spiro atoms. The average molecular weight is 281 g/mol. The van der Waals surface area contributed by atoms with Crippen LogP contribution in [0.1, 0.15) is 24.4 Å². The molecule has 0 bridgehead atoms. The maximum atomic E-state index is 5.92. The summed E-state index contributed by atoms with van der Waals surface area (Å²) in [7, 11) is 0. The first kappa shape index (κ1) is 13.5. The molecule has 1 N–H and O–H groups in total. The van der Waals surface area contributed by atoms with Crippen molar-refractivity contribution in [2.75, 3.05) is 6.54 Å². The minimum atomic E-state index is -0.114. The van der Waals surface area contributed by atoms with E-state index in [1.54, 1.807) is 11.3 Å². The van der Waals surface area contributed by atoms with E-state index < -0.39 is 0 Å². The first-order valence-electron chi connectivity index (χ1n) is 6.03. The highest BCUT2D eigenvalue weighted by Crippen LogP contribution is 2.27. The van der Waals surface area contributed by atoms with E-state index in [1.807, 2.05) is 23.7 Å². The van der Waals surface area contributed by atoms with Gasteiger partial charge in [0.2, 0.25) is 0 Å². The van der Waals surface area contributed by atoms with E-state index >= 15 is 0 Å². The quantitative estimate of drug-likeness (QED) is 0.899. The molecule has 1 atom stereocenters. The van der Waals surface area contributed by atoms with Crippen LogP contribution in [0.15, 0.2) is 35.8 Å². The lowest BCUT2D eigenvalue weighted by Gasteiger charge is -2.28. The molecule has 2 rings (SSSR count). The zero-order valence-electron chi connectivity index (χ0n) is 10.6. The lowest BCUT2D eigenvalue weighted by Crippen LogP contribution is -2.41. The standard InChI is InChI=1S/C14H17ClN2S/c1-3-17-14(2,13-16-8-9-18-13)10-11-4-6-12(15)7-5-11/h4-9,17H,3,10H2,1-2H3. The predicted molar refractivity (Wildman–Crippen MR) is 78.3 cm³/mol. The number of halogens is 1. The highest BCUT2D eigenvalue weighted by atomic mass is 35.5. The molecule has 0 fully saturated rings. The highest BCUT2D eigenvalue weighted by Gasteiger charge is 2.28. The zero-order chi connectivity index (χ0) is 13.0. The number of rotatable bonds is 5. The Morgan fingerprint density at radius 1 is 1.33 bits per heavy atom. The average Bonchev–Trinajstić information content (AvgIpc) is 2.87. The molecule has 1 aromatic heterocycles. The summed E-state index contributed by atoms with van der Waals surface area (Å²) in [5.74, 6) is 0. The minimum absolute atomic E-state index is 0.114. The van der Waals surface area contributed by atoms with E-state index in [9.17, 15) is 0 Å². The number of hydrogen-bond donors (Lipinski definition) is 1. The van der Waals surface area contributed by atoms with E-state index in [0.29, 0.717) is 0 Å². The van der Waals surface area contributed by atoms with Crippen LogP contribution in [-0.4, -0.2) is 11.5 Å². The van der Waals surface area contributed by atoms with E-state index in [-0.39, 0.29) is 5.54 Å². The predicted octanol–water partition coefficient (Wildman–Crippen LogP) is 3.86. The number of thiazole rings is 1. The smallest absolute Gasteiger partial charge is 0.113 e. The van der Waals surface area contributed by atoms with Crippen molar-refractivity contribution >= 4 is 22.9 Å². The Kier molecular flexibility index (Phi) is 4.38. The largest absolute Gasteiger partial charge is 0.306 e. The third kappa shape index (κ3) is 3.10. The third-order valence-electron chi connectivity index (χ3n) is 2.94. The van der Waals surface area contributed by atoms with E-state index in [1.165, 1.54) is 5.56 Å². The molecule has 0 aliphatic heterocycles. The lowest BCUT2D eigenvalue weighted by molar-refractivity contribution is 0.371. The normalized spacial score (nSPS) is 14.4. The molecular weight excluding hydrogens is 264 g/mol. The summed E-state index contributed by atoms with van der Waals surface area (Å²) >= 11 is 7.61. The Hall–Kier alpha value is -0.900. The molecular formula is C14H17ClN2S. The van der Waals surface area contributed by atoms with E-state index in [0.717, 1.165) is 23.0 Å². The molecule has 0 amide bonds. The molecule has 2 nitrogen and oxygen atoms in total. The van der Waals surface area contributed by atoms with Crippen molar-refractivity contribution in [3.8, 4) is 0 Å². The van der Waals surface area contributed by atoms with Crippen LogP contribution in [0.4, 0.5) is 0 Å². The lowest BCUT2D eigenvalue weighted by atomic mass is 9.93. The number of nitrogens with one attached hydrogen (secondary N) is 1. The number of benzene rings is 1. The van der Waals surface area contributed by atoms with Gasteiger partial charge in [0.1, 0.15) is 5.01 Å². The van der Waals surface area contributed by atoms with Crippen LogP contribution in [0.25, 0.3) is 0 Å². The summed E-state index contributed by atoms with van der Waals surface area (Å²) < 4.78 is 0. The van der Waals surface area contributed by atoms with Crippen LogP contribution >= 0.6 is 22.9 Å². The second-order valence-electron chi connectivity index (χ2n) is 4.50. The van der Waals surface area contributed by atoms with Crippen molar-refractivity contribution < 1.29 is 0 Å². The van der Waals surface area contributed by atoms with Crippen LogP contribution < -0.4 is 5.32 Å². The first-order chi connectivity index (χ1) is 8.64. The first-order valence-corrected chi connectivity index (χ1v) is 7.29. The summed E-state index contributed by atoms with van der Waals surface area (Å²) in [6.07, 6.45) is 2.77. The molecule has 0 saturated heterocycles. The Morgan fingerprint density at radius 3 is 2.61 bits per heavy atom. The van der Waals surface area contributed by atoms with Gasteiger partial charge in [0.05, 0.1) is 5.54 Å². The molecule has 0 aliphatic carbocycles. The summed E-state index contributed by atoms with van der Waals surface area (Å²) in [6.45, 7) is 5.24. The second kappa shape index (κ2) is 5.83. The maximum absolute atomic E-state index is 5.92. The minimum Gasteiger partial charge on any atom is -0.306 e. The molecule has 18 heavy (non-hydrogen) atoms. The van der Waals surface area contributed by atoms with Crippen LogP contribution in [0, 0.1) is 0 Å². The van der Waals surface area contributed by atoms with Crippen molar-refractivity contribution in [1.29, 1.82) is 0 Å². The van der Waals surface area contributed by atoms with Crippen molar-refractivity contribution in [3.05, 3.63) is 51.4 Å². The number of aromatic nitrogens is 1. The van der Waals surface area contributed by atoms with Gasteiger partial charge in [0.15, 0.2) is 0 Å². The van der Waals surface area contributed by atoms with Crippen LogP contribution in [0.5, 0.6) is 0 Å². The van der Waals surface area contributed by atoms with Gasteiger partial charge in [-0.05, 0) is 37.6 Å². The Bertz CT molecular complexity index is 481. The van der Waals surface area contributed by atoms with Crippen LogP contribution in [0.2, 0.25) is 5.02 Å². The van der Waals surface area contributed by atoms with Gasteiger partial charge in [-0.1, -0.05) is 30.7 Å². The monoisotopic (exact) mass is 280 g/mol. The van der Waals surface area contributed by atoms with Gasteiger partial charge in [-0.3, -0.25) is 0 Å². The topological polar surface area (TPSA) is 24.9 Å². The SMILES string of the molecule is CCNC(C)(Cc1ccc(Cl)cc1)c1nccs1. The molecule has 1 aromatic carbocycles. The molecule has 1 unspecified atom stereocenters. The molecule has 1 heterocycles. The van der Waals surface area contributed by atoms with E-state index in [2.05, 4.69) is 36.3 Å². The highest BCUT2D eigenvalue weighted by molar-refractivity contribution is 7.09. The number of nitrogens with zero attached hydrogens (tertiary/aromatic N) is 1.